The maximum Gasteiger partial charge on any atom is 0.259 e. The molecular formula is C15H16Cl3NO2. The first-order valence-corrected chi connectivity index (χ1v) is 7.57. The van der Waals surface area contributed by atoms with Gasteiger partial charge in [0.1, 0.15) is 11.3 Å². The van der Waals surface area contributed by atoms with Crippen LogP contribution in [0, 0.1) is 12.3 Å². The van der Waals surface area contributed by atoms with E-state index in [2.05, 4.69) is 11.2 Å². The molecule has 0 saturated heterocycles. The Kier molecular flexibility index (Phi) is 6.67. The first-order chi connectivity index (χ1) is 9.87. The molecule has 0 aliphatic heterocycles. The van der Waals surface area contributed by atoms with Crippen molar-refractivity contribution >= 4 is 40.7 Å². The van der Waals surface area contributed by atoms with Gasteiger partial charge >= 0.3 is 0 Å². The normalized spacial score (nSPS) is 10.9. The highest BCUT2D eigenvalue weighted by Gasteiger charge is 2.25. The highest BCUT2D eigenvalue weighted by Crippen LogP contribution is 2.33. The van der Waals surface area contributed by atoms with Gasteiger partial charge in [0, 0.05) is 6.07 Å². The molecule has 0 atom stereocenters. The summed E-state index contributed by atoms with van der Waals surface area (Å²) in [5.41, 5.74) is -0.651. The largest absolute Gasteiger partial charge is 0.482 e. The molecule has 1 rings (SSSR count). The lowest BCUT2D eigenvalue weighted by Gasteiger charge is -2.27. The number of halogens is 3. The summed E-state index contributed by atoms with van der Waals surface area (Å²) in [4.78, 5) is 11.9. The highest BCUT2D eigenvalue weighted by atomic mass is 35.5. The van der Waals surface area contributed by atoms with Crippen LogP contribution < -0.4 is 10.1 Å². The van der Waals surface area contributed by atoms with E-state index < -0.39 is 5.54 Å². The van der Waals surface area contributed by atoms with E-state index >= 15 is 0 Å². The fourth-order valence-electron chi connectivity index (χ4n) is 1.73. The Balaban J connectivity index is 2.70. The summed E-state index contributed by atoms with van der Waals surface area (Å²) in [6.07, 6.45) is 6.76. The zero-order valence-corrected chi connectivity index (χ0v) is 14.1. The lowest BCUT2D eigenvalue weighted by Crippen LogP contribution is -2.48. The van der Waals surface area contributed by atoms with Crippen molar-refractivity contribution < 1.29 is 9.53 Å². The van der Waals surface area contributed by atoms with E-state index in [9.17, 15) is 4.79 Å². The molecule has 0 fully saturated rings. The van der Waals surface area contributed by atoms with Crippen LogP contribution in [0.5, 0.6) is 5.75 Å². The summed E-state index contributed by atoms with van der Waals surface area (Å²) < 4.78 is 5.36. The van der Waals surface area contributed by atoms with Gasteiger partial charge in [0.25, 0.3) is 5.91 Å². The molecule has 0 unspecified atom stereocenters. The maximum atomic E-state index is 11.9. The van der Waals surface area contributed by atoms with Crippen molar-refractivity contribution in [2.45, 2.75) is 32.2 Å². The van der Waals surface area contributed by atoms with Crippen molar-refractivity contribution in [3.63, 3.8) is 0 Å². The van der Waals surface area contributed by atoms with Crippen molar-refractivity contribution in [3.8, 4) is 18.1 Å². The topological polar surface area (TPSA) is 38.3 Å². The summed E-state index contributed by atoms with van der Waals surface area (Å²) in [6, 6.07) is 2.93. The van der Waals surface area contributed by atoms with Crippen LogP contribution in [-0.4, -0.2) is 18.1 Å². The van der Waals surface area contributed by atoms with E-state index in [-0.39, 0.29) is 17.5 Å². The molecule has 3 nitrogen and oxygen atoms in total. The predicted octanol–water partition coefficient (Wildman–Crippen LogP) is 4.33. The van der Waals surface area contributed by atoms with Gasteiger partial charge in [-0.05, 0) is 18.9 Å². The first kappa shape index (κ1) is 18.0. The van der Waals surface area contributed by atoms with Crippen molar-refractivity contribution in [1.82, 2.24) is 5.32 Å². The summed E-state index contributed by atoms with van der Waals surface area (Å²) in [7, 11) is 0. The standard InChI is InChI=1S/C15H16Cl3NO2/c1-4-15(5-2,6-3)19-14(20)9-21-13-8-11(17)10(16)7-12(13)18/h1,7-8H,5-6,9H2,2-3H3,(H,19,20). The quantitative estimate of drug-likeness (QED) is 0.613. The third kappa shape index (κ3) is 4.71. The van der Waals surface area contributed by atoms with Crippen LogP contribution in [0.1, 0.15) is 26.7 Å². The van der Waals surface area contributed by atoms with Gasteiger partial charge in [-0.2, -0.15) is 0 Å². The Morgan fingerprint density at radius 3 is 2.33 bits per heavy atom. The molecule has 1 aromatic carbocycles. The van der Waals surface area contributed by atoms with E-state index in [1.165, 1.54) is 12.1 Å². The highest BCUT2D eigenvalue weighted by molar-refractivity contribution is 6.43. The minimum Gasteiger partial charge on any atom is -0.482 e. The van der Waals surface area contributed by atoms with Gasteiger partial charge in [-0.1, -0.05) is 54.6 Å². The number of carbonyl (C=O) groups is 1. The second-order valence-electron chi connectivity index (χ2n) is 4.47. The number of amides is 1. The van der Waals surface area contributed by atoms with E-state index in [0.29, 0.717) is 28.6 Å². The number of ether oxygens (including phenoxy) is 1. The second kappa shape index (κ2) is 7.79. The average Bonchev–Trinajstić information content (AvgIpc) is 2.47. The molecule has 1 N–H and O–H groups in total. The second-order valence-corrected chi connectivity index (χ2v) is 5.69. The molecule has 0 radical (unpaired) electrons. The van der Waals surface area contributed by atoms with Gasteiger partial charge in [-0.3, -0.25) is 4.79 Å². The van der Waals surface area contributed by atoms with Gasteiger partial charge in [0.2, 0.25) is 0 Å². The molecule has 0 spiro atoms. The first-order valence-electron chi connectivity index (χ1n) is 6.43. The molecule has 114 valence electrons. The summed E-state index contributed by atoms with van der Waals surface area (Å²) in [6.45, 7) is 3.63. The molecule has 0 aromatic heterocycles. The van der Waals surface area contributed by atoms with Gasteiger partial charge in [-0.25, -0.2) is 0 Å². The Hall–Kier alpha value is -1.08. The number of hydrogen-bond acceptors (Lipinski definition) is 2. The van der Waals surface area contributed by atoms with Gasteiger partial charge < -0.3 is 10.1 Å². The van der Waals surface area contributed by atoms with Gasteiger partial charge in [0.15, 0.2) is 6.61 Å². The van der Waals surface area contributed by atoms with Crippen LogP contribution in [-0.2, 0) is 4.79 Å². The van der Waals surface area contributed by atoms with E-state index in [1.807, 2.05) is 13.8 Å². The molecule has 1 amide bonds. The Morgan fingerprint density at radius 1 is 1.24 bits per heavy atom. The zero-order chi connectivity index (χ0) is 16.0. The fourth-order valence-corrected chi connectivity index (χ4v) is 2.32. The molecule has 0 aliphatic rings. The number of rotatable bonds is 6. The third-order valence-electron chi connectivity index (χ3n) is 3.20. The van der Waals surface area contributed by atoms with Crippen LogP contribution in [0.4, 0.5) is 0 Å². The van der Waals surface area contributed by atoms with Gasteiger partial charge in [-0.15, -0.1) is 6.42 Å². The van der Waals surface area contributed by atoms with Crippen LogP contribution in [0.15, 0.2) is 12.1 Å². The number of carbonyl (C=O) groups excluding carboxylic acids is 1. The van der Waals surface area contributed by atoms with Crippen molar-refractivity contribution in [2.24, 2.45) is 0 Å². The summed E-state index contributed by atoms with van der Waals surface area (Å²) in [5.74, 6) is 2.59. The van der Waals surface area contributed by atoms with Crippen molar-refractivity contribution in [1.29, 1.82) is 0 Å². The number of benzene rings is 1. The molecule has 0 bridgehead atoms. The molecule has 6 heteroatoms. The van der Waals surface area contributed by atoms with Crippen molar-refractivity contribution in [2.75, 3.05) is 6.61 Å². The zero-order valence-electron chi connectivity index (χ0n) is 11.8. The minimum absolute atomic E-state index is 0.207. The van der Waals surface area contributed by atoms with E-state index in [0.717, 1.165) is 0 Å². The van der Waals surface area contributed by atoms with Gasteiger partial charge in [0.05, 0.1) is 15.1 Å². The smallest absolute Gasteiger partial charge is 0.259 e. The lowest BCUT2D eigenvalue weighted by atomic mass is 9.94. The SMILES string of the molecule is C#CC(CC)(CC)NC(=O)COc1cc(Cl)c(Cl)cc1Cl. The Bertz CT molecular complexity index is 563. The lowest BCUT2D eigenvalue weighted by molar-refractivity contribution is -0.124. The maximum absolute atomic E-state index is 11.9. The molecule has 0 saturated carbocycles. The average molecular weight is 349 g/mol. The Morgan fingerprint density at radius 2 is 1.81 bits per heavy atom. The fraction of sp³-hybridized carbons (Fsp3) is 0.400. The molecule has 21 heavy (non-hydrogen) atoms. The van der Waals surface area contributed by atoms with Crippen LogP contribution in [0.3, 0.4) is 0 Å². The molecule has 0 heterocycles. The van der Waals surface area contributed by atoms with E-state index in [4.69, 9.17) is 46.0 Å². The van der Waals surface area contributed by atoms with Crippen LogP contribution in [0.25, 0.3) is 0 Å². The molecular weight excluding hydrogens is 333 g/mol. The van der Waals surface area contributed by atoms with Crippen molar-refractivity contribution in [3.05, 3.63) is 27.2 Å². The Labute approximate surface area is 139 Å². The van der Waals surface area contributed by atoms with Crippen LogP contribution >= 0.6 is 34.8 Å². The monoisotopic (exact) mass is 347 g/mol. The molecule has 1 aromatic rings. The number of terminal acetylenes is 1. The molecule has 0 aliphatic carbocycles. The number of nitrogens with one attached hydrogen (secondary N) is 1. The van der Waals surface area contributed by atoms with Crippen LogP contribution in [0.2, 0.25) is 15.1 Å². The summed E-state index contributed by atoms with van der Waals surface area (Å²) in [5, 5.41) is 3.70. The third-order valence-corrected chi connectivity index (χ3v) is 4.21. The van der Waals surface area contributed by atoms with E-state index in [1.54, 1.807) is 0 Å². The minimum atomic E-state index is -0.651. The summed E-state index contributed by atoms with van der Waals surface area (Å²) >= 11 is 17.7. The number of hydrogen-bond donors (Lipinski definition) is 1. The predicted molar refractivity (Wildman–Crippen MR) is 87.3 cm³/mol.